The number of hydrogen-bond donors (Lipinski definition) is 1. The van der Waals surface area contributed by atoms with E-state index in [1.165, 1.54) is 5.56 Å². The topological polar surface area (TPSA) is 81.5 Å². The smallest absolute Gasteiger partial charge is 0.205 e. The highest BCUT2D eigenvalue weighted by atomic mass is 35.5. The first-order chi connectivity index (χ1) is 16.2. The maximum atomic E-state index is 6.41. The molecule has 0 saturated heterocycles. The molecule has 0 atom stereocenters. The molecule has 4 aromatic rings. The van der Waals surface area contributed by atoms with Gasteiger partial charge in [0, 0.05) is 25.6 Å². The van der Waals surface area contributed by atoms with Crippen molar-refractivity contribution < 1.29 is 4.74 Å². The van der Waals surface area contributed by atoms with Gasteiger partial charge in [-0.05, 0) is 28.3 Å². The molecule has 0 radical (unpaired) electrons. The SMILES string of the molecule is CC.CCCCc1nc(Cl)c(COC)n1Cc1ccc(-c2ccccc2-c2nn[nH]n2)cc1. The predicted octanol–water partition coefficient (Wildman–Crippen LogP) is 5.95. The maximum Gasteiger partial charge on any atom is 0.205 e. The van der Waals surface area contributed by atoms with Crippen LogP contribution in [0.4, 0.5) is 0 Å². The van der Waals surface area contributed by atoms with Crippen LogP contribution in [0.25, 0.3) is 22.5 Å². The van der Waals surface area contributed by atoms with Crippen LogP contribution in [0, 0.1) is 0 Å². The van der Waals surface area contributed by atoms with Crippen LogP contribution in [0.15, 0.2) is 48.5 Å². The Morgan fingerprint density at radius 3 is 2.39 bits per heavy atom. The summed E-state index contributed by atoms with van der Waals surface area (Å²) in [6, 6.07) is 16.6. The van der Waals surface area contributed by atoms with Crippen LogP contribution in [-0.4, -0.2) is 37.3 Å². The van der Waals surface area contributed by atoms with E-state index in [0.717, 1.165) is 47.5 Å². The summed E-state index contributed by atoms with van der Waals surface area (Å²) in [6.45, 7) is 7.31. The number of ether oxygens (including phenoxy) is 1. The number of aromatic nitrogens is 6. The van der Waals surface area contributed by atoms with Crippen molar-refractivity contribution in [3.63, 3.8) is 0 Å². The lowest BCUT2D eigenvalue weighted by atomic mass is 9.98. The molecule has 0 fully saturated rings. The zero-order valence-electron chi connectivity index (χ0n) is 19.7. The zero-order valence-corrected chi connectivity index (χ0v) is 20.4. The third-order valence-corrected chi connectivity index (χ3v) is 5.56. The van der Waals surface area contributed by atoms with Gasteiger partial charge in [0.2, 0.25) is 5.82 Å². The average molecular weight is 467 g/mol. The number of methoxy groups -OCH3 is 1. The van der Waals surface area contributed by atoms with E-state index >= 15 is 0 Å². The van der Waals surface area contributed by atoms with Crippen molar-refractivity contribution >= 4 is 11.6 Å². The highest BCUT2D eigenvalue weighted by Crippen LogP contribution is 2.30. The van der Waals surface area contributed by atoms with Crippen molar-refractivity contribution in [2.75, 3.05) is 7.11 Å². The van der Waals surface area contributed by atoms with Crippen LogP contribution in [0.5, 0.6) is 0 Å². The number of H-pyrrole nitrogens is 1. The molecule has 0 spiro atoms. The fourth-order valence-electron chi connectivity index (χ4n) is 3.67. The van der Waals surface area contributed by atoms with Gasteiger partial charge >= 0.3 is 0 Å². The summed E-state index contributed by atoms with van der Waals surface area (Å²) in [5, 5.41) is 15.0. The van der Waals surface area contributed by atoms with Gasteiger partial charge in [-0.3, -0.25) is 0 Å². The number of benzene rings is 2. The van der Waals surface area contributed by atoms with Gasteiger partial charge in [0.15, 0.2) is 5.15 Å². The summed E-state index contributed by atoms with van der Waals surface area (Å²) in [5.74, 6) is 1.59. The Kier molecular flexibility index (Phi) is 9.15. The number of unbranched alkanes of at least 4 members (excludes halogenated alkanes) is 1. The Labute approximate surface area is 200 Å². The van der Waals surface area contributed by atoms with Gasteiger partial charge in [0.1, 0.15) is 5.82 Å². The van der Waals surface area contributed by atoms with E-state index in [0.29, 0.717) is 24.1 Å². The normalized spacial score (nSPS) is 10.7. The van der Waals surface area contributed by atoms with Gasteiger partial charge in [0.05, 0.1) is 12.3 Å². The number of rotatable bonds is 9. The monoisotopic (exact) mass is 466 g/mol. The fraction of sp³-hybridized carbons (Fsp3) is 0.360. The summed E-state index contributed by atoms with van der Waals surface area (Å²) >= 11 is 6.41. The number of nitrogens with zero attached hydrogens (tertiary/aromatic N) is 5. The highest BCUT2D eigenvalue weighted by molar-refractivity contribution is 6.30. The molecule has 2 aromatic carbocycles. The number of aromatic amines is 1. The van der Waals surface area contributed by atoms with E-state index in [4.69, 9.17) is 16.3 Å². The molecule has 0 bridgehead atoms. The Bertz CT molecular complexity index is 1120. The quantitative estimate of drug-likeness (QED) is 0.329. The summed E-state index contributed by atoms with van der Waals surface area (Å²) in [6.07, 6.45) is 3.08. The van der Waals surface area contributed by atoms with E-state index in [2.05, 4.69) is 67.4 Å². The molecule has 8 heteroatoms. The summed E-state index contributed by atoms with van der Waals surface area (Å²) < 4.78 is 7.55. The van der Waals surface area contributed by atoms with E-state index in [1.807, 2.05) is 32.0 Å². The molecule has 2 aromatic heterocycles. The minimum atomic E-state index is 0.439. The lowest BCUT2D eigenvalue weighted by Gasteiger charge is -2.13. The number of halogens is 1. The molecule has 7 nitrogen and oxygen atoms in total. The third-order valence-electron chi connectivity index (χ3n) is 5.26. The molecule has 2 heterocycles. The zero-order chi connectivity index (χ0) is 23.6. The minimum Gasteiger partial charge on any atom is -0.378 e. The van der Waals surface area contributed by atoms with Gasteiger partial charge in [-0.25, -0.2) is 4.98 Å². The van der Waals surface area contributed by atoms with Crippen LogP contribution in [0.2, 0.25) is 5.15 Å². The van der Waals surface area contributed by atoms with E-state index in [9.17, 15) is 0 Å². The molecule has 33 heavy (non-hydrogen) atoms. The maximum absolute atomic E-state index is 6.41. The molecule has 0 unspecified atom stereocenters. The Balaban J connectivity index is 0.00000149. The standard InChI is InChI=1S/C23H25ClN6O.C2H6/c1-3-4-9-21-25-22(24)20(15-31-2)30(21)14-16-10-12-17(13-11-16)18-7-5-6-8-19(18)23-26-28-29-27-23;1-2/h5-8,10-13H,3-4,9,14-15H2,1-2H3,(H,26,27,28,29);1-2H3. The number of aryl methyl sites for hydroxylation is 1. The number of imidazole rings is 1. The summed E-state index contributed by atoms with van der Waals surface area (Å²) in [4.78, 5) is 4.59. The van der Waals surface area contributed by atoms with Crippen molar-refractivity contribution in [1.82, 2.24) is 30.2 Å². The third kappa shape index (κ3) is 5.86. The molecular weight excluding hydrogens is 436 g/mol. The molecule has 1 N–H and O–H groups in total. The van der Waals surface area contributed by atoms with Crippen molar-refractivity contribution in [1.29, 1.82) is 0 Å². The van der Waals surface area contributed by atoms with Gasteiger partial charge in [-0.1, -0.05) is 87.3 Å². The first-order valence-electron chi connectivity index (χ1n) is 11.4. The van der Waals surface area contributed by atoms with E-state index in [1.54, 1.807) is 7.11 Å². The fourth-order valence-corrected chi connectivity index (χ4v) is 3.92. The Morgan fingerprint density at radius 1 is 1.03 bits per heavy atom. The first kappa shape index (κ1) is 24.6. The number of tetrazole rings is 1. The molecule has 0 amide bonds. The van der Waals surface area contributed by atoms with Crippen LogP contribution >= 0.6 is 11.6 Å². The van der Waals surface area contributed by atoms with Crippen LogP contribution in [-0.2, 0) is 24.3 Å². The molecule has 0 aliphatic rings. The van der Waals surface area contributed by atoms with E-state index < -0.39 is 0 Å². The van der Waals surface area contributed by atoms with Crippen molar-refractivity contribution in [3.8, 4) is 22.5 Å². The molecular formula is C25H31ClN6O. The van der Waals surface area contributed by atoms with Crippen LogP contribution < -0.4 is 0 Å². The first-order valence-corrected chi connectivity index (χ1v) is 11.7. The lowest BCUT2D eigenvalue weighted by Crippen LogP contribution is -2.10. The van der Waals surface area contributed by atoms with E-state index in [-0.39, 0.29) is 0 Å². The van der Waals surface area contributed by atoms with Crippen molar-refractivity contribution in [2.45, 2.75) is 53.2 Å². The number of hydrogen-bond acceptors (Lipinski definition) is 5. The predicted molar refractivity (Wildman–Crippen MR) is 132 cm³/mol. The van der Waals surface area contributed by atoms with Crippen molar-refractivity contribution in [2.24, 2.45) is 0 Å². The second-order valence-corrected chi connectivity index (χ2v) is 7.72. The Morgan fingerprint density at radius 2 is 1.76 bits per heavy atom. The van der Waals surface area contributed by atoms with Crippen molar-refractivity contribution in [3.05, 3.63) is 70.8 Å². The lowest BCUT2D eigenvalue weighted by molar-refractivity contribution is 0.178. The van der Waals surface area contributed by atoms with Gasteiger partial charge in [-0.15, -0.1) is 10.2 Å². The molecule has 4 rings (SSSR count). The second kappa shape index (κ2) is 12.3. The molecule has 174 valence electrons. The van der Waals surface area contributed by atoms with Crippen LogP contribution in [0.3, 0.4) is 0 Å². The summed E-state index contributed by atoms with van der Waals surface area (Å²) in [7, 11) is 1.68. The largest absolute Gasteiger partial charge is 0.378 e. The summed E-state index contributed by atoms with van der Waals surface area (Å²) in [5.41, 5.74) is 5.18. The van der Waals surface area contributed by atoms with Gasteiger partial charge < -0.3 is 9.30 Å². The average Bonchev–Trinajstić information content (AvgIpc) is 3.49. The number of nitrogens with one attached hydrogen (secondary N) is 1. The van der Waals surface area contributed by atoms with Gasteiger partial charge in [0.25, 0.3) is 0 Å². The molecule has 0 aliphatic carbocycles. The molecule has 0 saturated carbocycles. The minimum absolute atomic E-state index is 0.439. The van der Waals surface area contributed by atoms with Gasteiger partial charge in [-0.2, -0.15) is 5.21 Å². The highest BCUT2D eigenvalue weighted by Gasteiger charge is 2.16. The Hall–Kier alpha value is -3.03. The second-order valence-electron chi connectivity index (χ2n) is 7.37. The molecule has 0 aliphatic heterocycles. The van der Waals surface area contributed by atoms with Crippen LogP contribution in [0.1, 0.15) is 50.7 Å².